The lowest BCUT2D eigenvalue weighted by molar-refractivity contribution is -0.119. The Morgan fingerprint density at radius 3 is 3.00 bits per heavy atom. The van der Waals surface area contributed by atoms with Gasteiger partial charge in [-0.05, 0) is 25.0 Å². The molecule has 1 heterocycles. The number of nitrogens with one attached hydrogen (secondary N) is 2. The van der Waals surface area contributed by atoms with Crippen LogP contribution >= 0.6 is 0 Å². The fourth-order valence-corrected chi connectivity index (χ4v) is 2.02. The molecular weight excluding hydrogens is 230 g/mol. The second kappa shape index (κ2) is 5.08. The summed E-state index contributed by atoms with van der Waals surface area (Å²) in [5.41, 5.74) is 7.74. The minimum Gasteiger partial charge on any atom is -0.398 e. The molecule has 0 aliphatic carbocycles. The van der Waals surface area contributed by atoms with Gasteiger partial charge < -0.3 is 16.4 Å². The molecule has 1 aromatic carbocycles. The number of rotatable bonds is 3. The van der Waals surface area contributed by atoms with Gasteiger partial charge in [0.1, 0.15) is 0 Å². The van der Waals surface area contributed by atoms with Crippen LogP contribution in [0.4, 0.5) is 5.69 Å². The van der Waals surface area contributed by atoms with E-state index in [2.05, 4.69) is 10.6 Å². The number of aryl methyl sites for hydroxylation is 1. The maximum absolute atomic E-state index is 12.0. The molecule has 5 heteroatoms. The van der Waals surface area contributed by atoms with Crippen molar-refractivity contribution in [3.63, 3.8) is 0 Å². The quantitative estimate of drug-likeness (QED) is 0.683. The minimum absolute atomic E-state index is 0.0347. The highest BCUT2D eigenvalue weighted by Gasteiger charge is 2.21. The molecule has 1 aromatic rings. The summed E-state index contributed by atoms with van der Waals surface area (Å²) in [6.45, 7) is 2.31. The van der Waals surface area contributed by atoms with Crippen LogP contribution < -0.4 is 16.4 Å². The molecule has 1 atom stereocenters. The first-order valence-electron chi connectivity index (χ1n) is 6.00. The van der Waals surface area contributed by atoms with Crippen LogP contribution in [0.25, 0.3) is 0 Å². The lowest BCUT2D eigenvalue weighted by atomic mass is 10.1. The molecule has 5 nitrogen and oxygen atoms in total. The van der Waals surface area contributed by atoms with Gasteiger partial charge in [-0.25, -0.2) is 0 Å². The molecule has 1 unspecified atom stereocenters. The third kappa shape index (κ3) is 2.61. The van der Waals surface area contributed by atoms with Gasteiger partial charge >= 0.3 is 0 Å². The molecule has 1 aliphatic heterocycles. The lowest BCUT2D eigenvalue weighted by Crippen LogP contribution is -2.38. The molecule has 2 amide bonds. The summed E-state index contributed by atoms with van der Waals surface area (Å²) in [6, 6.07) is 5.40. The first-order valence-corrected chi connectivity index (χ1v) is 6.00. The Kier molecular flexibility index (Phi) is 3.50. The summed E-state index contributed by atoms with van der Waals surface area (Å²) in [4.78, 5) is 23.0. The average molecular weight is 247 g/mol. The molecule has 1 aliphatic rings. The van der Waals surface area contributed by atoms with Gasteiger partial charge in [0.2, 0.25) is 5.91 Å². The first-order chi connectivity index (χ1) is 8.58. The third-order valence-electron chi connectivity index (χ3n) is 3.16. The first kappa shape index (κ1) is 12.4. The van der Waals surface area contributed by atoms with Crippen LogP contribution in [0.1, 0.15) is 28.8 Å². The molecule has 1 saturated heterocycles. The van der Waals surface area contributed by atoms with E-state index in [4.69, 9.17) is 5.73 Å². The zero-order chi connectivity index (χ0) is 13.1. The summed E-state index contributed by atoms with van der Waals surface area (Å²) in [5, 5.41) is 5.60. The standard InChI is InChI=1S/C13H17N3O2/c1-8-3-2-4-10(12(8)14)13(18)15-7-9-5-6-11(17)16-9/h2-4,9H,5-7,14H2,1H3,(H,15,18)(H,16,17). The van der Waals surface area contributed by atoms with Gasteiger partial charge in [0.05, 0.1) is 5.56 Å². The maximum atomic E-state index is 12.0. The van der Waals surface area contributed by atoms with Crippen LogP contribution in [0.2, 0.25) is 0 Å². The molecular formula is C13H17N3O2. The Hall–Kier alpha value is -2.04. The van der Waals surface area contributed by atoms with Crippen LogP contribution in [-0.4, -0.2) is 24.4 Å². The average Bonchev–Trinajstić information content (AvgIpc) is 2.76. The van der Waals surface area contributed by atoms with Crippen molar-refractivity contribution in [1.82, 2.24) is 10.6 Å². The van der Waals surface area contributed by atoms with Gasteiger partial charge in [0.15, 0.2) is 0 Å². The van der Waals surface area contributed by atoms with Crippen molar-refractivity contribution in [3.05, 3.63) is 29.3 Å². The minimum atomic E-state index is -0.197. The maximum Gasteiger partial charge on any atom is 0.253 e. The van der Waals surface area contributed by atoms with Crippen molar-refractivity contribution in [3.8, 4) is 0 Å². The van der Waals surface area contributed by atoms with E-state index in [0.717, 1.165) is 12.0 Å². The van der Waals surface area contributed by atoms with E-state index in [-0.39, 0.29) is 17.9 Å². The highest BCUT2D eigenvalue weighted by molar-refractivity contribution is 5.99. The van der Waals surface area contributed by atoms with Gasteiger partial charge in [-0.2, -0.15) is 0 Å². The predicted octanol–water partition coefficient (Wildman–Crippen LogP) is 0.586. The zero-order valence-corrected chi connectivity index (χ0v) is 10.3. The number of para-hydroxylation sites is 1. The van der Waals surface area contributed by atoms with E-state index in [1.807, 2.05) is 13.0 Å². The SMILES string of the molecule is Cc1cccc(C(=O)NCC2CCC(=O)N2)c1N. The number of nitrogens with two attached hydrogens (primary N) is 1. The van der Waals surface area contributed by atoms with Crippen molar-refractivity contribution in [1.29, 1.82) is 0 Å². The van der Waals surface area contributed by atoms with Gasteiger partial charge in [0, 0.05) is 24.7 Å². The van der Waals surface area contributed by atoms with E-state index < -0.39 is 0 Å². The van der Waals surface area contributed by atoms with Crippen molar-refractivity contribution in [2.75, 3.05) is 12.3 Å². The largest absolute Gasteiger partial charge is 0.398 e. The summed E-state index contributed by atoms with van der Waals surface area (Å²) in [6.07, 6.45) is 1.30. The number of carbonyl (C=O) groups excluding carboxylic acids is 2. The molecule has 0 spiro atoms. The van der Waals surface area contributed by atoms with Crippen molar-refractivity contribution in [2.45, 2.75) is 25.8 Å². The topological polar surface area (TPSA) is 84.2 Å². The van der Waals surface area contributed by atoms with E-state index in [1.165, 1.54) is 0 Å². The fraction of sp³-hybridized carbons (Fsp3) is 0.385. The number of anilines is 1. The molecule has 4 N–H and O–H groups in total. The van der Waals surface area contributed by atoms with Gasteiger partial charge in [-0.15, -0.1) is 0 Å². The van der Waals surface area contributed by atoms with Crippen LogP contribution in [0.5, 0.6) is 0 Å². The van der Waals surface area contributed by atoms with Crippen LogP contribution in [0.3, 0.4) is 0 Å². The second-order valence-corrected chi connectivity index (χ2v) is 4.55. The molecule has 2 rings (SSSR count). The monoisotopic (exact) mass is 247 g/mol. The number of carbonyl (C=O) groups is 2. The summed E-state index contributed by atoms with van der Waals surface area (Å²) in [7, 11) is 0. The van der Waals surface area contributed by atoms with E-state index in [0.29, 0.717) is 24.2 Å². The van der Waals surface area contributed by atoms with Gasteiger partial charge in [-0.1, -0.05) is 12.1 Å². The molecule has 1 fully saturated rings. The molecule has 96 valence electrons. The number of benzene rings is 1. The van der Waals surface area contributed by atoms with Crippen molar-refractivity contribution >= 4 is 17.5 Å². The predicted molar refractivity (Wildman–Crippen MR) is 69.1 cm³/mol. The summed E-state index contributed by atoms with van der Waals surface area (Å²) in [5.74, 6) is -0.151. The normalized spacial score (nSPS) is 18.5. The van der Waals surface area contributed by atoms with Crippen LogP contribution in [0, 0.1) is 6.92 Å². The Morgan fingerprint density at radius 1 is 1.56 bits per heavy atom. The van der Waals surface area contributed by atoms with Crippen LogP contribution in [0.15, 0.2) is 18.2 Å². The van der Waals surface area contributed by atoms with Gasteiger partial charge in [-0.3, -0.25) is 9.59 Å². The number of hydrogen-bond acceptors (Lipinski definition) is 3. The van der Waals surface area contributed by atoms with Crippen molar-refractivity contribution < 1.29 is 9.59 Å². The summed E-state index contributed by atoms with van der Waals surface area (Å²) < 4.78 is 0. The highest BCUT2D eigenvalue weighted by atomic mass is 16.2. The molecule has 0 radical (unpaired) electrons. The Balaban J connectivity index is 1.95. The van der Waals surface area contributed by atoms with Crippen molar-refractivity contribution in [2.24, 2.45) is 0 Å². The second-order valence-electron chi connectivity index (χ2n) is 4.55. The van der Waals surface area contributed by atoms with Crippen LogP contribution in [-0.2, 0) is 4.79 Å². The Morgan fingerprint density at radius 2 is 2.33 bits per heavy atom. The Labute approximate surface area is 106 Å². The molecule has 0 saturated carbocycles. The molecule has 0 bridgehead atoms. The number of amides is 2. The fourth-order valence-electron chi connectivity index (χ4n) is 2.02. The zero-order valence-electron chi connectivity index (χ0n) is 10.3. The molecule has 0 aromatic heterocycles. The lowest BCUT2D eigenvalue weighted by Gasteiger charge is -2.13. The van der Waals surface area contributed by atoms with E-state index in [1.54, 1.807) is 12.1 Å². The smallest absolute Gasteiger partial charge is 0.253 e. The highest BCUT2D eigenvalue weighted by Crippen LogP contribution is 2.16. The Bertz CT molecular complexity index is 485. The number of hydrogen-bond donors (Lipinski definition) is 3. The van der Waals surface area contributed by atoms with Gasteiger partial charge in [0.25, 0.3) is 5.91 Å². The van der Waals surface area contributed by atoms with E-state index >= 15 is 0 Å². The summed E-state index contributed by atoms with van der Waals surface area (Å²) >= 11 is 0. The number of nitrogen functional groups attached to an aromatic ring is 1. The third-order valence-corrected chi connectivity index (χ3v) is 3.16. The molecule has 18 heavy (non-hydrogen) atoms. The van der Waals surface area contributed by atoms with E-state index in [9.17, 15) is 9.59 Å².